The van der Waals surface area contributed by atoms with Crippen LogP contribution in [0.3, 0.4) is 0 Å². The molecule has 1 aliphatic rings. The lowest BCUT2D eigenvalue weighted by Gasteiger charge is -2.16. The predicted molar refractivity (Wildman–Crippen MR) is 77.1 cm³/mol. The van der Waals surface area contributed by atoms with E-state index in [0.29, 0.717) is 0 Å². The Hall–Kier alpha value is -1.07. The molecule has 0 amide bonds. The Kier molecular flexibility index (Phi) is 3.27. The third kappa shape index (κ3) is 2.25. The van der Waals surface area contributed by atoms with E-state index in [4.69, 9.17) is 0 Å². The van der Waals surface area contributed by atoms with Crippen molar-refractivity contribution < 1.29 is 5.11 Å². The minimum absolute atomic E-state index is 0.290. The number of aliphatic hydroxyl groups is 1. The highest BCUT2D eigenvalue weighted by molar-refractivity contribution is 9.10. The Labute approximate surface area is 121 Å². The summed E-state index contributed by atoms with van der Waals surface area (Å²) in [5.74, 6) is 0. The summed E-state index contributed by atoms with van der Waals surface area (Å²) < 4.78 is 5.14. The summed E-state index contributed by atoms with van der Waals surface area (Å²) in [5, 5.41) is 14.4. The van der Waals surface area contributed by atoms with Crippen LogP contribution < -0.4 is 0 Å². The van der Waals surface area contributed by atoms with Gasteiger partial charge in [0.2, 0.25) is 0 Å². The molecule has 0 saturated heterocycles. The largest absolute Gasteiger partial charge is 0.388 e. The van der Waals surface area contributed by atoms with Crippen molar-refractivity contribution in [2.24, 2.45) is 7.05 Å². The van der Waals surface area contributed by atoms with E-state index in [2.05, 4.69) is 38.0 Å². The topological polar surface area (TPSA) is 43.0 Å². The van der Waals surface area contributed by atoms with Crippen LogP contribution >= 0.6 is 15.9 Å². The molecule has 0 radical (unpaired) electrons. The molecular formula is C14H18BrN3O. The maximum Gasteiger partial charge on any atom is 0.0807 e. The van der Waals surface area contributed by atoms with E-state index in [1.165, 1.54) is 5.56 Å². The molecule has 0 fully saturated rings. The zero-order valence-corrected chi connectivity index (χ0v) is 12.8. The number of halogens is 1. The Balaban J connectivity index is 1.92. The molecular weight excluding hydrogens is 306 g/mol. The minimum Gasteiger partial charge on any atom is -0.388 e. The molecule has 1 atom stereocenters. The lowest BCUT2D eigenvalue weighted by molar-refractivity contribution is 0.157. The van der Waals surface area contributed by atoms with Gasteiger partial charge in [0.1, 0.15) is 0 Å². The molecule has 2 heterocycles. The third-order valence-corrected chi connectivity index (χ3v) is 4.91. The van der Waals surface area contributed by atoms with Crippen LogP contribution in [0.4, 0.5) is 0 Å². The second-order valence-electron chi connectivity index (χ2n) is 5.29. The van der Waals surface area contributed by atoms with Gasteiger partial charge in [0, 0.05) is 25.0 Å². The van der Waals surface area contributed by atoms with Crippen molar-refractivity contribution in [3.8, 4) is 0 Å². The van der Waals surface area contributed by atoms with Crippen LogP contribution in [0, 0.1) is 6.92 Å². The first-order chi connectivity index (χ1) is 9.06. The zero-order chi connectivity index (χ0) is 13.6. The summed E-state index contributed by atoms with van der Waals surface area (Å²) in [6, 6.07) is 0. The first-order valence-corrected chi connectivity index (χ1v) is 7.40. The van der Waals surface area contributed by atoms with E-state index in [9.17, 15) is 5.11 Å². The Morgan fingerprint density at radius 1 is 1.47 bits per heavy atom. The van der Waals surface area contributed by atoms with Crippen molar-refractivity contribution in [1.29, 1.82) is 0 Å². The highest BCUT2D eigenvalue weighted by Gasteiger charge is 2.20. The van der Waals surface area contributed by atoms with Crippen molar-refractivity contribution in [2.45, 2.75) is 38.8 Å². The average Bonchev–Trinajstić information content (AvgIpc) is 2.88. The van der Waals surface area contributed by atoms with Crippen molar-refractivity contribution in [3.05, 3.63) is 39.4 Å². The summed E-state index contributed by atoms with van der Waals surface area (Å²) >= 11 is 3.60. The van der Waals surface area contributed by atoms with E-state index in [1.807, 2.05) is 18.7 Å². The maximum absolute atomic E-state index is 10.0. The molecule has 5 heteroatoms. The highest BCUT2D eigenvalue weighted by Crippen LogP contribution is 2.31. The van der Waals surface area contributed by atoms with Gasteiger partial charge in [-0.3, -0.25) is 4.68 Å². The number of aliphatic hydroxyl groups excluding tert-OH is 1. The molecule has 0 aromatic carbocycles. The zero-order valence-electron chi connectivity index (χ0n) is 11.2. The van der Waals surface area contributed by atoms with Gasteiger partial charge in [0.25, 0.3) is 0 Å². The number of nitrogens with zero attached hydrogens (tertiary/aromatic N) is 3. The molecule has 3 rings (SSSR count). The van der Waals surface area contributed by atoms with E-state index >= 15 is 0 Å². The Morgan fingerprint density at radius 3 is 2.89 bits per heavy atom. The van der Waals surface area contributed by atoms with Gasteiger partial charge < -0.3 is 9.67 Å². The molecule has 2 aromatic rings. The normalized spacial score (nSPS) is 18.6. The molecule has 0 aliphatic heterocycles. The summed E-state index contributed by atoms with van der Waals surface area (Å²) in [5.41, 5.74) is 4.55. The van der Waals surface area contributed by atoms with Gasteiger partial charge in [-0.2, -0.15) is 5.10 Å². The van der Waals surface area contributed by atoms with E-state index < -0.39 is 0 Å². The molecule has 2 aromatic heterocycles. The smallest absolute Gasteiger partial charge is 0.0807 e. The third-order valence-electron chi connectivity index (χ3n) is 3.87. The number of aromatic nitrogens is 3. The van der Waals surface area contributed by atoms with Crippen LogP contribution in [0.1, 0.15) is 41.5 Å². The summed E-state index contributed by atoms with van der Waals surface area (Å²) in [6.45, 7) is 2.77. The van der Waals surface area contributed by atoms with Gasteiger partial charge >= 0.3 is 0 Å². The second-order valence-corrected chi connectivity index (χ2v) is 6.08. The molecule has 0 bridgehead atoms. The molecule has 19 heavy (non-hydrogen) atoms. The fraction of sp³-hybridized carbons (Fsp3) is 0.500. The fourth-order valence-corrected chi connectivity index (χ4v) is 3.30. The van der Waals surface area contributed by atoms with Gasteiger partial charge in [0.05, 0.1) is 28.5 Å². The van der Waals surface area contributed by atoms with Crippen LogP contribution in [0.2, 0.25) is 0 Å². The van der Waals surface area contributed by atoms with Crippen LogP contribution in [0.5, 0.6) is 0 Å². The first kappa shape index (κ1) is 12.9. The van der Waals surface area contributed by atoms with Gasteiger partial charge in [-0.05, 0) is 47.7 Å². The number of hydrogen-bond acceptors (Lipinski definition) is 2. The van der Waals surface area contributed by atoms with E-state index in [-0.39, 0.29) is 6.10 Å². The van der Waals surface area contributed by atoms with Crippen molar-refractivity contribution in [1.82, 2.24) is 14.3 Å². The second kappa shape index (κ2) is 4.80. The van der Waals surface area contributed by atoms with Crippen molar-refractivity contribution in [2.75, 3.05) is 0 Å². The highest BCUT2D eigenvalue weighted by atomic mass is 79.9. The summed E-state index contributed by atoms with van der Waals surface area (Å²) in [7, 11) is 1.96. The quantitative estimate of drug-likeness (QED) is 0.923. The standard InChI is InChI=1S/C14H18BrN3O/c1-9-14(15)12(17(2)16-9)8-18-6-10-4-3-5-13(19)11(10)7-18/h6-7,13,19H,3-5,8H2,1-2H3. The van der Waals surface area contributed by atoms with E-state index in [1.54, 1.807) is 0 Å². The molecule has 4 nitrogen and oxygen atoms in total. The molecule has 0 spiro atoms. The SMILES string of the molecule is Cc1nn(C)c(Cn2cc3c(c2)C(O)CCC3)c1Br. The van der Waals surface area contributed by atoms with E-state index in [0.717, 1.165) is 47.2 Å². The average molecular weight is 324 g/mol. The number of rotatable bonds is 2. The molecule has 102 valence electrons. The Bertz CT molecular complexity index is 614. The predicted octanol–water partition coefficient (Wildman–Crippen LogP) is 2.71. The van der Waals surface area contributed by atoms with Crippen LogP contribution in [0.25, 0.3) is 0 Å². The molecule has 1 unspecified atom stereocenters. The molecule has 0 saturated carbocycles. The maximum atomic E-state index is 10.0. The van der Waals surface area contributed by atoms with Crippen LogP contribution in [-0.2, 0) is 20.0 Å². The van der Waals surface area contributed by atoms with Crippen LogP contribution in [-0.4, -0.2) is 19.5 Å². The monoisotopic (exact) mass is 323 g/mol. The van der Waals surface area contributed by atoms with Crippen LogP contribution in [0.15, 0.2) is 16.9 Å². The molecule has 1 aliphatic carbocycles. The summed E-state index contributed by atoms with van der Waals surface area (Å²) in [6.07, 6.45) is 6.98. The fourth-order valence-electron chi connectivity index (χ4n) is 2.84. The number of hydrogen-bond donors (Lipinski definition) is 1. The van der Waals surface area contributed by atoms with Gasteiger partial charge in [0.15, 0.2) is 0 Å². The van der Waals surface area contributed by atoms with Gasteiger partial charge in [-0.15, -0.1) is 0 Å². The van der Waals surface area contributed by atoms with Crippen molar-refractivity contribution >= 4 is 15.9 Å². The van der Waals surface area contributed by atoms with Gasteiger partial charge in [-0.1, -0.05) is 0 Å². The molecule has 1 N–H and O–H groups in total. The minimum atomic E-state index is -0.290. The van der Waals surface area contributed by atoms with Crippen molar-refractivity contribution in [3.63, 3.8) is 0 Å². The number of aryl methyl sites for hydroxylation is 3. The number of fused-ring (bicyclic) bond motifs is 1. The lowest BCUT2D eigenvalue weighted by Crippen LogP contribution is -2.06. The lowest BCUT2D eigenvalue weighted by atomic mass is 9.93. The summed E-state index contributed by atoms with van der Waals surface area (Å²) in [4.78, 5) is 0. The Morgan fingerprint density at radius 2 is 2.26 bits per heavy atom. The first-order valence-electron chi connectivity index (χ1n) is 6.61. The van der Waals surface area contributed by atoms with Gasteiger partial charge in [-0.25, -0.2) is 0 Å².